The summed E-state index contributed by atoms with van der Waals surface area (Å²) in [4.78, 5) is 18.8. The monoisotopic (exact) mass is 308 g/mol. The zero-order chi connectivity index (χ0) is 15.9. The average Bonchev–Trinajstić information content (AvgIpc) is 2.83. The number of H-pyrrole nitrogens is 1. The lowest BCUT2D eigenvalue weighted by atomic mass is 10.1. The largest absolute Gasteiger partial charge is 0.448 e. The van der Waals surface area contributed by atoms with E-state index in [2.05, 4.69) is 14.7 Å². The van der Waals surface area contributed by atoms with Crippen LogP contribution in [-0.4, -0.2) is 28.2 Å². The van der Waals surface area contributed by atoms with E-state index in [0.29, 0.717) is 10.9 Å². The molecule has 0 saturated carbocycles. The second-order valence-corrected chi connectivity index (χ2v) is 4.87. The molecule has 1 N–H and O–H groups in total. The molecule has 3 rings (SSSR count). The van der Waals surface area contributed by atoms with Crippen LogP contribution in [0.2, 0.25) is 0 Å². The predicted molar refractivity (Wildman–Crippen MR) is 74.5 cm³/mol. The number of nitrogens with zero attached hydrogens (tertiary/aromatic N) is 1. The van der Waals surface area contributed by atoms with E-state index in [-0.39, 0.29) is 5.69 Å². The van der Waals surface area contributed by atoms with Gasteiger partial charge in [-0.05, 0) is 19.1 Å². The number of halogens is 3. The fourth-order valence-corrected chi connectivity index (χ4v) is 2.15. The van der Waals surface area contributed by atoms with Gasteiger partial charge in [-0.15, -0.1) is 0 Å². The van der Waals surface area contributed by atoms with Crippen LogP contribution in [0.15, 0.2) is 36.5 Å². The molecule has 0 spiro atoms. The molecule has 4 nitrogen and oxygen atoms in total. The van der Waals surface area contributed by atoms with Gasteiger partial charge in [0.15, 0.2) is 6.10 Å². The number of hydrogen-bond acceptors (Lipinski definition) is 3. The fraction of sp³-hybridized carbons (Fsp3) is 0.200. The van der Waals surface area contributed by atoms with Crippen LogP contribution in [-0.2, 0) is 4.74 Å². The highest BCUT2D eigenvalue weighted by Gasteiger charge is 2.39. The number of carbonyl (C=O) groups excluding carboxylic acids is 1. The van der Waals surface area contributed by atoms with Crippen LogP contribution in [0.5, 0.6) is 0 Å². The van der Waals surface area contributed by atoms with Crippen molar-refractivity contribution in [3.63, 3.8) is 0 Å². The predicted octanol–water partition coefficient (Wildman–Crippen LogP) is 3.82. The second-order valence-electron chi connectivity index (χ2n) is 4.87. The van der Waals surface area contributed by atoms with E-state index in [1.165, 1.54) is 12.3 Å². The molecule has 22 heavy (non-hydrogen) atoms. The molecule has 0 aliphatic heterocycles. The first kappa shape index (κ1) is 14.4. The van der Waals surface area contributed by atoms with Crippen LogP contribution in [0.3, 0.4) is 0 Å². The third-order valence-corrected chi connectivity index (χ3v) is 3.34. The van der Waals surface area contributed by atoms with Crippen LogP contribution in [0, 0.1) is 0 Å². The summed E-state index contributed by atoms with van der Waals surface area (Å²) in [5.74, 6) is -1.10. The molecule has 3 aromatic rings. The number of aromatic amines is 1. The van der Waals surface area contributed by atoms with Gasteiger partial charge in [0.2, 0.25) is 0 Å². The third-order valence-electron chi connectivity index (χ3n) is 3.34. The van der Waals surface area contributed by atoms with E-state index in [0.717, 1.165) is 17.8 Å². The van der Waals surface area contributed by atoms with Crippen molar-refractivity contribution in [3.05, 3.63) is 42.2 Å². The van der Waals surface area contributed by atoms with Gasteiger partial charge < -0.3 is 9.72 Å². The lowest BCUT2D eigenvalue weighted by Gasteiger charge is -2.15. The van der Waals surface area contributed by atoms with Gasteiger partial charge in [-0.1, -0.05) is 18.2 Å². The molecular formula is C15H11F3N2O2. The van der Waals surface area contributed by atoms with Crippen molar-refractivity contribution < 1.29 is 22.7 Å². The van der Waals surface area contributed by atoms with Crippen LogP contribution in [0.25, 0.3) is 21.8 Å². The quantitative estimate of drug-likeness (QED) is 0.732. The van der Waals surface area contributed by atoms with Crippen LogP contribution >= 0.6 is 0 Å². The first-order valence-electron chi connectivity index (χ1n) is 6.50. The standard InChI is InChI=1S/C15H11F3N2O2/c1-8(15(16,17)18)22-14(21)12-6-10-9-4-2-3-5-11(9)20-13(10)7-19-12/h2-8,20H,1H3/t8-/m1/s1. The van der Waals surface area contributed by atoms with Crippen molar-refractivity contribution in [1.29, 1.82) is 0 Å². The van der Waals surface area contributed by atoms with Gasteiger partial charge in [0, 0.05) is 16.3 Å². The van der Waals surface area contributed by atoms with Gasteiger partial charge in [0.25, 0.3) is 0 Å². The molecular weight excluding hydrogens is 297 g/mol. The number of esters is 1. The summed E-state index contributed by atoms with van der Waals surface area (Å²) in [5, 5.41) is 1.56. The Kier molecular flexibility index (Phi) is 3.27. The fourth-order valence-electron chi connectivity index (χ4n) is 2.15. The number of carbonyl (C=O) groups is 1. The second kappa shape index (κ2) is 5.01. The molecule has 114 valence electrons. The Hall–Kier alpha value is -2.57. The normalized spacial score (nSPS) is 13.5. The summed E-state index contributed by atoms with van der Waals surface area (Å²) < 4.78 is 41.7. The molecule has 0 aliphatic rings. The molecule has 0 unspecified atom stereocenters. The Balaban J connectivity index is 1.98. The molecule has 0 aliphatic carbocycles. The minimum absolute atomic E-state index is 0.159. The van der Waals surface area contributed by atoms with Crippen LogP contribution in [0.4, 0.5) is 13.2 Å². The highest BCUT2D eigenvalue weighted by atomic mass is 19.4. The zero-order valence-corrected chi connectivity index (χ0v) is 11.4. The smallest absolute Gasteiger partial charge is 0.425 e. The Labute approximate surface area is 122 Å². The van der Waals surface area contributed by atoms with Gasteiger partial charge in [0.05, 0.1) is 11.7 Å². The third kappa shape index (κ3) is 2.49. The Morgan fingerprint density at radius 2 is 1.95 bits per heavy atom. The van der Waals surface area contributed by atoms with Crippen molar-refractivity contribution in [1.82, 2.24) is 9.97 Å². The van der Waals surface area contributed by atoms with Gasteiger partial charge in [0.1, 0.15) is 5.69 Å². The number of aromatic nitrogens is 2. The molecule has 0 fully saturated rings. The molecule has 2 heterocycles. The number of nitrogens with one attached hydrogen (secondary N) is 1. The summed E-state index contributed by atoms with van der Waals surface area (Å²) in [6, 6.07) is 8.82. The maximum Gasteiger partial charge on any atom is 0.425 e. The maximum atomic E-state index is 12.4. The zero-order valence-electron chi connectivity index (χ0n) is 11.4. The molecule has 0 saturated heterocycles. The van der Waals surface area contributed by atoms with Crippen molar-refractivity contribution in [3.8, 4) is 0 Å². The van der Waals surface area contributed by atoms with E-state index in [1.54, 1.807) is 0 Å². The summed E-state index contributed by atoms with van der Waals surface area (Å²) in [6.45, 7) is 0.780. The van der Waals surface area contributed by atoms with Gasteiger partial charge >= 0.3 is 12.1 Å². The minimum Gasteiger partial charge on any atom is -0.448 e. The molecule has 0 radical (unpaired) electrons. The number of rotatable bonds is 2. The minimum atomic E-state index is -4.60. The van der Waals surface area contributed by atoms with Crippen molar-refractivity contribution >= 4 is 27.8 Å². The van der Waals surface area contributed by atoms with Crippen LogP contribution in [0.1, 0.15) is 17.4 Å². The van der Waals surface area contributed by atoms with E-state index in [9.17, 15) is 18.0 Å². The highest BCUT2D eigenvalue weighted by molar-refractivity contribution is 6.08. The SMILES string of the molecule is C[C@@H](OC(=O)c1cc2c(cn1)[nH]c1ccccc12)C(F)(F)F. The maximum absolute atomic E-state index is 12.4. The summed E-state index contributed by atoms with van der Waals surface area (Å²) in [7, 11) is 0. The number of alkyl halides is 3. The molecule has 1 aromatic carbocycles. The molecule has 1 atom stereocenters. The number of ether oxygens (including phenoxy) is 1. The lowest BCUT2D eigenvalue weighted by Crippen LogP contribution is -2.31. The Morgan fingerprint density at radius 1 is 1.23 bits per heavy atom. The molecule has 0 amide bonds. The molecule has 2 aromatic heterocycles. The summed E-state index contributed by atoms with van der Waals surface area (Å²) >= 11 is 0. The number of benzene rings is 1. The van der Waals surface area contributed by atoms with Crippen molar-refractivity contribution in [2.75, 3.05) is 0 Å². The summed E-state index contributed by atoms with van der Waals surface area (Å²) in [6.07, 6.45) is -5.37. The number of fused-ring (bicyclic) bond motifs is 3. The van der Waals surface area contributed by atoms with Crippen molar-refractivity contribution in [2.24, 2.45) is 0 Å². The van der Waals surface area contributed by atoms with Gasteiger partial charge in [-0.2, -0.15) is 13.2 Å². The van der Waals surface area contributed by atoms with Crippen LogP contribution < -0.4 is 0 Å². The lowest BCUT2D eigenvalue weighted by molar-refractivity contribution is -0.198. The number of hydrogen-bond donors (Lipinski definition) is 1. The Morgan fingerprint density at radius 3 is 2.68 bits per heavy atom. The van der Waals surface area contributed by atoms with Gasteiger partial charge in [-0.25, -0.2) is 9.78 Å². The van der Waals surface area contributed by atoms with E-state index in [4.69, 9.17) is 0 Å². The first-order chi connectivity index (χ1) is 10.4. The van der Waals surface area contributed by atoms with E-state index in [1.807, 2.05) is 24.3 Å². The Bertz CT molecular complexity index is 855. The highest BCUT2D eigenvalue weighted by Crippen LogP contribution is 2.26. The van der Waals surface area contributed by atoms with Gasteiger partial charge in [-0.3, -0.25) is 0 Å². The van der Waals surface area contributed by atoms with Crippen molar-refractivity contribution in [2.45, 2.75) is 19.2 Å². The first-order valence-corrected chi connectivity index (χ1v) is 6.50. The van der Waals surface area contributed by atoms with E-state index >= 15 is 0 Å². The number of pyridine rings is 1. The molecule has 0 bridgehead atoms. The topological polar surface area (TPSA) is 55.0 Å². The molecule has 7 heteroatoms. The summed E-state index contributed by atoms with van der Waals surface area (Å²) in [5.41, 5.74) is 1.39. The average molecular weight is 308 g/mol. The van der Waals surface area contributed by atoms with E-state index < -0.39 is 18.2 Å². The number of para-hydroxylation sites is 1.